The molecule has 1 atom stereocenters. The number of nitro benzene ring substituents is 1. The van der Waals surface area contributed by atoms with E-state index in [-0.39, 0.29) is 23.0 Å². The fourth-order valence-electron chi connectivity index (χ4n) is 2.43. The van der Waals surface area contributed by atoms with Crippen molar-refractivity contribution in [2.75, 3.05) is 5.32 Å². The van der Waals surface area contributed by atoms with Gasteiger partial charge >= 0.3 is 0 Å². The van der Waals surface area contributed by atoms with Crippen molar-refractivity contribution in [3.63, 3.8) is 0 Å². The average Bonchev–Trinajstić information content (AvgIpc) is 3.07. The van der Waals surface area contributed by atoms with E-state index in [1.807, 2.05) is 0 Å². The van der Waals surface area contributed by atoms with Crippen molar-refractivity contribution in [3.05, 3.63) is 69.7 Å². The molecule has 10 heteroatoms. The third kappa shape index (κ3) is 5.13. The Morgan fingerprint density at radius 3 is 2.82 bits per heavy atom. The van der Waals surface area contributed by atoms with Crippen LogP contribution < -0.4 is 10.1 Å². The van der Waals surface area contributed by atoms with Gasteiger partial charge in [-0.1, -0.05) is 6.92 Å². The second-order valence-electron chi connectivity index (χ2n) is 6.03. The lowest BCUT2D eigenvalue weighted by Gasteiger charge is -2.13. The molecule has 1 aromatic carbocycles. The number of anilines is 1. The molecular formula is C18H16BrN5O4. The third-order valence-electron chi connectivity index (χ3n) is 3.75. The van der Waals surface area contributed by atoms with Gasteiger partial charge in [-0.3, -0.25) is 24.6 Å². The summed E-state index contributed by atoms with van der Waals surface area (Å²) in [4.78, 5) is 27.1. The van der Waals surface area contributed by atoms with Gasteiger partial charge in [-0.25, -0.2) is 0 Å². The van der Waals surface area contributed by atoms with Gasteiger partial charge in [0.15, 0.2) is 0 Å². The lowest BCUT2D eigenvalue weighted by Crippen LogP contribution is -2.24. The van der Waals surface area contributed by atoms with Crippen LogP contribution in [0.3, 0.4) is 0 Å². The number of halogens is 1. The molecule has 9 nitrogen and oxygen atoms in total. The average molecular weight is 446 g/mol. The molecule has 1 N–H and O–H groups in total. The van der Waals surface area contributed by atoms with Crippen LogP contribution in [-0.2, 0) is 11.3 Å². The highest BCUT2D eigenvalue weighted by molar-refractivity contribution is 9.10. The molecule has 1 unspecified atom stereocenters. The van der Waals surface area contributed by atoms with E-state index in [1.165, 1.54) is 24.4 Å². The molecule has 28 heavy (non-hydrogen) atoms. The van der Waals surface area contributed by atoms with Crippen molar-refractivity contribution in [2.45, 2.75) is 13.5 Å². The van der Waals surface area contributed by atoms with Crippen molar-refractivity contribution >= 4 is 33.2 Å². The first kappa shape index (κ1) is 19.5. The first-order chi connectivity index (χ1) is 13.4. The zero-order valence-corrected chi connectivity index (χ0v) is 16.4. The van der Waals surface area contributed by atoms with Crippen LogP contribution in [0.2, 0.25) is 0 Å². The van der Waals surface area contributed by atoms with Gasteiger partial charge in [0.1, 0.15) is 11.5 Å². The van der Waals surface area contributed by atoms with Crippen molar-refractivity contribution in [1.82, 2.24) is 14.8 Å². The summed E-state index contributed by atoms with van der Waals surface area (Å²) >= 11 is 3.30. The predicted octanol–water partition coefficient (Wildman–Crippen LogP) is 4.02. The van der Waals surface area contributed by atoms with E-state index in [4.69, 9.17) is 4.74 Å². The number of non-ortho nitro benzene ring substituents is 1. The Kier molecular flexibility index (Phi) is 5.99. The molecule has 0 aliphatic carbocycles. The zero-order valence-electron chi connectivity index (χ0n) is 14.8. The maximum atomic E-state index is 12.5. The van der Waals surface area contributed by atoms with E-state index in [9.17, 15) is 14.9 Å². The molecule has 0 fully saturated rings. The maximum absolute atomic E-state index is 12.5. The Morgan fingerprint density at radius 2 is 2.18 bits per heavy atom. The van der Waals surface area contributed by atoms with Crippen LogP contribution in [0.4, 0.5) is 11.4 Å². The van der Waals surface area contributed by atoms with Gasteiger partial charge in [0.05, 0.1) is 46.0 Å². The minimum atomic E-state index is -0.545. The molecule has 2 heterocycles. The molecule has 0 spiro atoms. The zero-order chi connectivity index (χ0) is 20.1. The topological polar surface area (TPSA) is 112 Å². The number of benzene rings is 1. The predicted molar refractivity (Wildman–Crippen MR) is 105 cm³/mol. The van der Waals surface area contributed by atoms with Crippen molar-refractivity contribution in [3.8, 4) is 11.5 Å². The number of aromatic nitrogens is 3. The molecule has 3 rings (SSSR count). The van der Waals surface area contributed by atoms with Crippen molar-refractivity contribution < 1.29 is 14.5 Å². The fraction of sp³-hybridized carbons (Fsp3) is 0.167. The number of carbonyl (C=O) groups excluding carboxylic acids is 1. The lowest BCUT2D eigenvalue weighted by molar-refractivity contribution is -0.384. The second kappa shape index (κ2) is 8.61. The number of nitrogens with zero attached hydrogens (tertiary/aromatic N) is 4. The minimum Gasteiger partial charge on any atom is -0.455 e. The standard InChI is InChI=1S/C18H16BrN5O4/c1-12(10-23-11-13(19)8-21-23)18(25)22-14-5-15(24(26)27)7-17(6-14)28-16-3-2-4-20-9-16/h2-9,11-12H,10H2,1H3,(H,22,25). The first-order valence-electron chi connectivity index (χ1n) is 8.27. The number of hydrogen-bond acceptors (Lipinski definition) is 6. The number of pyridine rings is 1. The summed E-state index contributed by atoms with van der Waals surface area (Å²) in [6.45, 7) is 2.11. The molecule has 2 aromatic heterocycles. The number of carbonyl (C=O) groups is 1. The first-order valence-corrected chi connectivity index (χ1v) is 9.06. The Hall–Kier alpha value is -3.27. The molecule has 0 radical (unpaired) electrons. The van der Waals surface area contributed by atoms with Gasteiger partial charge < -0.3 is 10.1 Å². The molecule has 0 saturated heterocycles. The largest absolute Gasteiger partial charge is 0.455 e. The number of hydrogen-bond donors (Lipinski definition) is 1. The van der Waals surface area contributed by atoms with E-state index < -0.39 is 10.8 Å². The van der Waals surface area contributed by atoms with Gasteiger partial charge in [0.2, 0.25) is 5.91 Å². The van der Waals surface area contributed by atoms with Crippen molar-refractivity contribution in [1.29, 1.82) is 0 Å². The van der Waals surface area contributed by atoms with E-state index in [1.54, 1.807) is 42.3 Å². The number of nitrogens with one attached hydrogen (secondary N) is 1. The van der Waals surface area contributed by atoms with Crippen LogP contribution in [0, 0.1) is 16.0 Å². The van der Waals surface area contributed by atoms with Crippen LogP contribution >= 0.6 is 15.9 Å². The molecule has 0 aliphatic heterocycles. The summed E-state index contributed by atoms with van der Waals surface area (Å²) < 4.78 is 8.07. The Morgan fingerprint density at radius 1 is 1.36 bits per heavy atom. The highest BCUT2D eigenvalue weighted by Gasteiger charge is 2.17. The highest BCUT2D eigenvalue weighted by Crippen LogP contribution is 2.29. The number of amides is 1. The van der Waals surface area contributed by atoms with Gasteiger partial charge in [-0.15, -0.1) is 0 Å². The number of rotatable bonds is 7. The lowest BCUT2D eigenvalue weighted by atomic mass is 10.1. The summed E-state index contributed by atoms with van der Waals surface area (Å²) in [6.07, 6.45) is 6.47. The van der Waals surface area contributed by atoms with Crippen LogP contribution in [-0.4, -0.2) is 25.6 Å². The normalized spacial score (nSPS) is 11.6. The quantitative estimate of drug-likeness (QED) is 0.434. The molecule has 3 aromatic rings. The number of ether oxygens (including phenoxy) is 1. The molecule has 0 bridgehead atoms. The maximum Gasteiger partial charge on any atom is 0.275 e. The van der Waals surface area contributed by atoms with E-state index in [0.717, 1.165) is 4.47 Å². The number of nitro groups is 1. The molecule has 0 aliphatic rings. The summed E-state index contributed by atoms with van der Waals surface area (Å²) in [5, 5.41) is 18.0. The van der Waals surface area contributed by atoms with E-state index in [0.29, 0.717) is 12.3 Å². The molecular weight excluding hydrogens is 430 g/mol. The van der Waals surface area contributed by atoms with E-state index >= 15 is 0 Å². The smallest absolute Gasteiger partial charge is 0.275 e. The molecule has 1 amide bonds. The second-order valence-corrected chi connectivity index (χ2v) is 6.95. The highest BCUT2D eigenvalue weighted by atomic mass is 79.9. The van der Waals surface area contributed by atoms with Gasteiger partial charge in [0, 0.05) is 24.5 Å². The van der Waals surface area contributed by atoms with Gasteiger partial charge in [-0.05, 0) is 28.1 Å². The monoisotopic (exact) mass is 445 g/mol. The summed E-state index contributed by atoms with van der Waals surface area (Å²) in [5.41, 5.74) is 0.0759. The van der Waals surface area contributed by atoms with E-state index in [2.05, 4.69) is 31.3 Å². The molecule has 144 valence electrons. The Bertz CT molecular complexity index is 993. The molecule has 0 saturated carbocycles. The fourth-order valence-corrected chi connectivity index (χ4v) is 2.76. The van der Waals surface area contributed by atoms with Crippen molar-refractivity contribution in [2.24, 2.45) is 5.92 Å². The third-order valence-corrected chi connectivity index (χ3v) is 4.16. The van der Waals surface area contributed by atoms with Crippen LogP contribution in [0.5, 0.6) is 11.5 Å². The summed E-state index contributed by atoms with van der Waals surface area (Å²) in [5.74, 6) is -0.0488. The SMILES string of the molecule is CC(Cn1cc(Br)cn1)C(=O)Nc1cc(Oc2cccnc2)cc([N+](=O)[O-])c1. The summed E-state index contributed by atoms with van der Waals surface area (Å²) in [6, 6.07) is 7.45. The Labute approximate surface area is 168 Å². The van der Waals surface area contributed by atoms with Crippen LogP contribution in [0.1, 0.15) is 6.92 Å². The van der Waals surface area contributed by atoms with Gasteiger partial charge in [0.25, 0.3) is 5.69 Å². The summed E-state index contributed by atoms with van der Waals surface area (Å²) in [7, 11) is 0. The van der Waals surface area contributed by atoms with Gasteiger partial charge in [-0.2, -0.15) is 5.10 Å². The minimum absolute atomic E-state index is 0.194. The Balaban J connectivity index is 1.76. The van der Waals surface area contributed by atoms with Crippen LogP contribution in [0.15, 0.2) is 59.6 Å². The van der Waals surface area contributed by atoms with Crippen LogP contribution in [0.25, 0.3) is 0 Å².